The normalized spacial score (nSPS) is 13.8. The fourth-order valence-electron chi connectivity index (χ4n) is 2.29. The number of rotatable bonds is 2. The molecule has 5 nitrogen and oxygen atoms in total. The van der Waals surface area contributed by atoms with Crippen LogP contribution < -0.4 is 10.6 Å². The molecule has 0 spiro atoms. The van der Waals surface area contributed by atoms with Crippen LogP contribution in [0.3, 0.4) is 0 Å². The van der Waals surface area contributed by atoms with Crippen molar-refractivity contribution in [2.45, 2.75) is 13.0 Å². The van der Waals surface area contributed by atoms with E-state index in [1.54, 1.807) is 18.1 Å². The van der Waals surface area contributed by atoms with Gasteiger partial charge < -0.3 is 10.6 Å². The van der Waals surface area contributed by atoms with Gasteiger partial charge in [0.1, 0.15) is 5.82 Å². The molecule has 0 fully saturated rings. The number of amides is 1. The van der Waals surface area contributed by atoms with Crippen molar-refractivity contribution in [2.75, 3.05) is 11.9 Å². The maximum atomic E-state index is 11.7. The van der Waals surface area contributed by atoms with Crippen molar-refractivity contribution in [1.82, 2.24) is 9.97 Å². The molecule has 0 radical (unpaired) electrons. The highest BCUT2D eigenvalue weighted by atomic mass is 16.2. The van der Waals surface area contributed by atoms with Crippen LogP contribution >= 0.6 is 0 Å². The van der Waals surface area contributed by atoms with E-state index in [1.807, 2.05) is 24.3 Å². The highest BCUT2D eigenvalue weighted by molar-refractivity contribution is 6.01. The van der Waals surface area contributed by atoms with E-state index in [2.05, 4.69) is 9.97 Å². The Kier molecular flexibility index (Phi) is 2.76. The van der Waals surface area contributed by atoms with Gasteiger partial charge in [0.05, 0.1) is 18.7 Å². The van der Waals surface area contributed by atoms with Gasteiger partial charge in [0.2, 0.25) is 5.91 Å². The summed E-state index contributed by atoms with van der Waals surface area (Å²) in [5.74, 6) is 0.740. The predicted molar refractivity (Wildman–Crippen MR) is 72.5 cm³/mol. The third kappa shape index (κ3) is 1.98. The van der Waals surface area contributed by atoms with Crippen LogP contribution in [0.4, 0.5) is 5.69 Å². The molecular formula is C14H14N4O. The minimum Gasteiger partial charge on any atom is -0.324 e. The SMILES string of the molecule is CN1C(=O)Cc2cc(-c3ccnc(CN)n3)ccc21. The van der Waals surface area contributed by atoms with Crippen molar-refractivity contribution in [1.29, 1.82) is 0 Å². The largest absolute Gasteiger partial charge is 0.324 e. The van der Waals surface area contributed by atoms with Crippen LogP contribution in [-0.2, 0) is 17.8 Å². The summed E-state index contributed by atoms with van der Waals surface area (Å²) >= 11 is 0. The maximum absolute atomic E-state index is 11.7. The minimum absolute atomic E-state index is 0.123. The van der Waals surface area contributed by atoms with E-state index in [9.17, 15) is 4.79 Å². The molecule has 0 saturated heterocycles. The first-order valence-corrected chi connectivity index (χ1v) is 6.11. The number of nitrogens with two attached hydrogens (primary N) is 1. The van der Waals surface area contributed by atoms with Gasteiger partial charge in [0.25, 0.3) is 0 Å². The van der Waals surface area contributed by atoms with Crippen LogP contribution in [0.25, 0.3) is 11.3 Å². The van der Waals surface area contributed by atoms with Gasteiger partial charge in [-0.15, -0.1) is 0 Å². The first-order valence-electron chi connectivity index (χ1n) is 6.11. The summed E-state index contributed by atoms with van der Waals surface area (Å²) in [5.41, 5.74) is 9.38. The second kappa shape index (κ2) is 4.44. The zero-order valence-electron chi connectivity index (χ0n) is 10.6. The fourth-order valence-corrected chi connectivity index (χ4v) is 2.29. The summed E-state index contributed by atoms with van der Waals surface area (Å²) in [7, 11) is 1.80. The predicted octanol–water partition coefficient (Wildman–Crippen LogP) is 1.12. The monoisotopic (exact) mass is 254 g/mol. The van der Waals surface area contributed by atoms with Crippen LogP contribution in [0.2, 0.25) is 0 Å². The number of carbonyl (C=O) groups excluding carboxylic acids is 1. The molecule has 0 atom stereocenters. The molecule has 2 N–H and O–H groups in total. The summed E-state index contributed by atoms with van der Waals surface area (Å²) in [6, 6.07) is 7.79. The number of benzene rings is 1. The summed E-state index contributed by atoms with van der Waals surface area (Å²) < 4.78 is 0. The van der Waals surface area contributed by atoms with Crippen LogP contribution in [0.1, 0.15) is 11.4 Å². The van der Waals surface area contributed by atoms with Crippen LogP contribution in [0.15, 0.2) is 30.5 Å². The van der Waals surface area contributed by atoms with Gasteiger partial charge in [-0.2, -0.15) is 0 Å². The Morgan fingerprint density at radius 2 is 2.21 bits per heavy atom. The molecule has 2 heterocycles. The molecule has 0 saturated carbocycles. The molecular weight excluding hydrogens is 240 g/mol. The van der Waals surface area contributed by atoms with E-state index in [-0.39, 0.29) is 5.91 Å². The fraction of sp³-hybridized carbons (Fsp3) is 0.214. The lowest BCUT2D eigenvalue weighted by molar-refractivity contribution is -0.117. The van der Waals surface area contributed by atoms with Crippen molar-refractivity contribution in [3.63, 3.8) is 0 Å². The van der Waals surface area contributed by atoms with Crippen molar-refractivity contribution in [3.05, 3.63) is 41.9 Å². The molecule has 1 amide bonds. The Morgan fingerprint density at radius 1 is 1.37 bits per heavy atom. The lowest BCUT2D eigenvalue weighted by Gasteiger charge is -2.10. The van der Waals surface area contributed by atoms with E-state index in [0.29, 0.717) is 18.8 Å². The molecule has 0 aliphatic carbocycles. The third-order valence-corrected chi connectivity index (χ3v) is 3.34. The van der Waals surface area contributed by atoms with Crippen molar-refractivity contribution in [3.8, 4) is 11.3 Å². The molecule has 5 heteroatoms. The third-order valence-electron chi connectivity index (χ3n) is 3.34. The number of carbonyl (C=O) groups is 1. The number of hydrogen-bond acceptors (Lipinski definition) is 4. The Balaban J connectivity index is 2.03. The average Bonchev–Trinajstić information content (AvgIpc) is 2.73. The first-order chi connectivity index (χ1) is 9.19. The van der Waals surface area contributed by atoms with Crippen molar-refractivity contribution in [2.24, 2.45) is 5.73 Å². The van der Waals surface area contributed by atoms with Gasteiger partial charge >= 0.3 is 0 Å². The lowest BCUT2D eigenvalue weighted by atomic mass is 10.1. The number of likely N-dealkylation sites (N-methyl/N-ethyl adjacent to an activating group) is 1. The number of fused-ring (bicyclic) bond motifs is 1. The van der Waals surface area contributed by atoms with Gasteiger partial charge in [-0.05, 0) is 23.8 Å². The molecule has 0 bridgehead atoms. The molecule has 3 rings (SSSR count). The Hall–Kier alpha value is -2.27. The lowest BCUT2D eigenvalue weighted by Crippen LogP contribution is -2.20. The topological polar surface area (TPSA) is 72.1 Å². The molecule has 0 unspecified atom stereocenters. The van der Waals surface area contributed by atoms with E-state index < -0.39 is 0 Å². The Morgan fingerprint density at radius 3 is 3.00 bits per heavy atom. The summed E-state index contributed by atoms with van der Waals surface area (Å²) in [4.78, 5) is 21.8. The second-order valence-corrected chi connectivity index (χ2v) is 4.54. The van der Waals surface area contributed by atoms with Gasteiger partial charge in [0, 0.05) is 24.5 Å². The van der Waals surface area contributed by atoms with Crippen molar-refractivity contribution < 1.29 is 4.79 Å². The highest BCUT2D eigenvalue weighted by Gasteiger charge is 2.24. The summed E-state index contributed by atoms with van der Waals surface area (Å²) in [6.45, 7) is 0.319. The van der Waals surface area contributed by atoms with E-state index in [4.69, 9.17) is 5.73 Å². The van der Waals surface area contributed by atoms with E-state index in [1.165, 1.54) is 0 Å². The number of hydrogen-bond donors (Lipinski definition) is 1. The van der Waals surface area contributed by atoms with Gasteiger partial charge in [0.15, 0.2) is 0 Å². The van der Waals surface area contributed by atoms with E-state index >= 15 is 0 Å². The van der Waals surface area contributed by atoms with Gasteiger partial charge in [-0.1, -0.05) is 6.07 Å². The molecule has 1 aromatic heterocycles. The molecule has 19 heavy (non-hydrogen) atoms. The van der Waals surface area contributed by atoms with Gasteiger partial charge in [-0.25, -0.2) is 9.97 Å². The van der Waals surface area contributed by atoms with Crippen LogP contribution in [0.5, 0.6) is 0 Å². The smallest absolute Gasteiger partial charge is 0.231 e. The van der Waals surface area contributed by atoms with Crippen molar-refractivity contribution >= 4 is 11.6 Å². The van der Waals surface area contributed by atoms with E-state index in [0.717, 1.165) is 22.5 Å². The Bertz CT molecular complexity index is 654. The molecule has 2 aromatic rings. The number of anilines is 1. The zero-order chi connectivity index (χ0) is 13.4. The Labute approximate surface area is 111 Å². The molecule has 1 aliphatic heterocycles. The highest BCUT2D eigenvalue weighted by Crippen LogP contribution is 2.31. The summed E-state index contributed by atoms with van der Waals surface area (Å²) in [5, 5.41) is 0. The number of aromatic nitrogens is 2. The van der Waals surface area contributed by atoms with Gasteiger partial charge in [-0.3, -0.25) is 4.79 Å². The minimum atomic E-state index is 0.123. The quantitative estimate of drug-likeness (QED) is 0.871. The molecule has 1 aliphatic rings. The summed E-state index contributed by atoms with van der Waals surface area (Å²) in [6.07, 6.45) is 2.16. The maximum Gasteiger partial charge on any atom is 0.231 e. The average molecular weight is 254 g/mol. The van der Waals surface area contributed by atoms with Crippen LogP contribution in [0, 0.1) is 0 Å². The molecule has 1 aromatic carbocycles. The standard InChI is InChI=1S/C14H14N4O/c1-18-12-3-2-9(6-10(12)7-14(18)19)11-4-5-16-13(8-15)17-11/h2-6H,7-8,15H2,1H3. The molecule has 96 valence electrons. The first kappa shape index (κ1) is 11.8. The zero-order valence-corrected chi connectivity index (χ0v) is 10.6. The second-order valence-electron chi connectivity index (χ2n) is 4.54. The van der Waals surface area contributed by atoms with Crippen LogP contribution in [-0.4, -0.2) is 22.9 Å². The number of nitrogens with zero attached hydrogens (tertiary/aromatic N) is 3.